The van der Waals surface area contributed by atoms with E-state index in [0.29, 0.717) is 34.1 Å². The average Bonchev–Trinajstić information content (AvgIpc) is 2.72. The lowest BCUT2D eigenvalue weighted by atomic mass is 9.96. The Kier molecular flexibility index (Phi) is 6.54. The highest BCUT2D eigenvalue weighted by Gasteiger charge is 2.15. The fraction of sp³-hybridized carbons (Fsp3) is 0.0909. The van der Waals surface area contributed by atoms with Crippen molar-refractivity contribution in [3.63, 3.8) is 0 Å². The molecule has 0 radical (unpaired) electrons. The van der Waals surface area contributed by atoms with E-state index < -0.39 is 5.97 Å². The van der Waals surface area contributed by atoms with Gasteiger partial charge in [0.15, 0.2) is 0 Å². The molecule has 0 aliphatic carbocycles. The molecule has 0 spiro atoms. The molecule has 134 valence electrons. The van der Waals surface area contributed by atoms with Gasteiger partial charge < -0.3 is 4.74 Å². The third kappa shape index (κ3) is 4.91. The summed E-state index contributed by atoms with van der Waals surface area (Å²) in [6.45, 7) is 0.292. The maximum absolute atomic E-state index is 12.6. The Hall–Kier alpha value is -2.74. The second-order valence-corrected chi connectivity index (χ2v) is 7.25. The van der Waals surface area contributed by atoms with E-state index in [-0.39, 0.29) is 0 Å². The zero-order valence-electron chi connectivity index (χ0n) is 14.4. The van der Waals surface area contributed by atoms with Crippen LogP contribution in [0, 0.1) is 11.3 Å². The molecule has 0 aromatic heterocycles. The van der Waals surface area contributed by atoms with Crippen LogP contribution in [-0.2, 0) is 4.74 Å². The molecule has 27 heavy (non-hydrogen) atoms. The first-order valence-corrected chi connectivity index (χ1v) is 9.69. The predicted molar refractivity (Wildman–Crippen MR) is 109 cm³/mol. The molecule has 5 heteroatoms. The second-order valence-electron chi connectivity index (χ2n) is 5.64. The van der Waals surface area contributed by atoms with Gasteiger partial charge in [0.05, 0.1) is 17.2 Å². The minimum absolute atomic E-state index is 0.292. The highest BCUT2D eigenvalue weighted by molar-refractivity contribution is 7.99. The summed E-state index contributed by atoms with van der Waals surface area (Å²) in [6, 6.07) is 24.1. The monoisotopic (exact) mass is 393 g/mol. The normalized spacial score (nSPS) is 10.2. The molecule has 3 aromatic rings. The van der Waals surface area contributed by atoms with Gasteiger partial charge in [-0.25, -0.2) is 4.79 Å². The molecular formula is C22H16ClNO2S. The molecule has 0 unspecified atom stereocenters. The highest BCUT2D eigenvalue weighted by atomic mass is 35.5. The van der Waals surface area contributed by atoms with Gasteiger partial charge in [-0.15, -0.1) is 11.8 Å². The molecule has 0 aliphatic rings. The summed E-state index contributed by atoms with van der Waals surface area (Å²) in [4.78, 5) is 13.6. The molecule has 0 fully saturated rings. The SMILES string of the molecule is N#Cc1ccccc1-c1ccccc1C(=O)OCCSc1ccc(Cl)cc1. The average molecular weight is 394 g/mol. The fourth-order valence-electron chi connectivity index (χ4n) is 2.61. The van der Waals surface area contributed by atoms with Crippen molar-refractivity contribution in [2.75, 3.05) is 12.4 Å². The number of hydrogen-bond acceptors (Lipinski definition) is 4. The van der Waals surface area contributed by atoms with Crippen molar-refractivity contribution >= 4 is 29.3 Å². The number of ether oxygens (including phenoxy) is 1. The van der Waals surface area contributed by atoms with Crippen LogP contribution in [-0.4, -0.2) is 18.3 Å². The van der Waals surface area contributed by atoms with Crippen LogP contribution < -0.4 is 0 Å². The quantitative estimate of drug-likeness (QED) is 0.300. The Labute approximate surface area is 167 Å². The van der Waals surface area contributed by atoms with E-state index in [1.54, 1.807) is 36.0 Å². The van der Waals surface area contributed by atoms with Crippen LogP contribution in [0.4, 0.5) is 0 Å². The van der Waals surface area contributed by atoms with Gasteiger partial charge in [-0.3, -0.25) is 0 Å². The minimum Gasteiger partial charge on any atom is -0.461 e. The van der Waals surface area contributed by atoms with Gasteiger partial charge >= 0.3 is 5.97 Å². The molecule has 0 heterocycles. The molecule has 0 aliphatic heterocycles. The van der Waals surface area contributed by atoms with Crippen LogP contribution in [0.25, 0.3) is 11.1 Å². The first-order valence-electron chi connectivity index (χ1n) is 8.33. The van der Waals surface area contributed by atoms with Gasteiger partial charge in [0, 0.05) is 21.2 Å². The molecular weight excluding hydrogens is 378 g/mol. The van der Waals surface area contributed by atoms with E-state index in [1.165, 1.54) is 0 Å². The summed E-state index contributed by atoms with van der Waals surface area (Å²) < 4.78 is 5.44. The van der Waals surface area contributed by atoms with Gasteiger partial charge in [-0.05, 0) is 42.0 Å². The Bertz CT molecular complexity index is 980. The number of benzene rings is 3. The van der Waals surface area contributed by atoms with Crippen molar-refractivity contribution in [3.8, 4) is 17.2 Å². The molecule has 0 amide bonds. The summed E-state index contributed by atoms with van der Waals surface area (Å²) in [5.74, 6) is 0.250. The molecule has 3 aromatic carbocycles. The number of carbonyl (C=O) groups is 1. The number of esters is 1. The first-order chi connectivity index (χ1) is 13.2. The maximum Gasteiger partial charge on any atom is 0.338 e. The molecule has 0 bridgehead atoms. The largest absolute Gasteiger partial charge is 0.461 e. The van der Waals surface area contributed by atoms with E-state index in [2.05, 4.69) is 6.07 Å². The second kappa shape index (κ2) is 9.27. The van der Waals surface area contributed by atoms with Crippen LogP contribution in [0.3, 0.4) is 0 Å². The predicted octanol–water partition coefficient (Wildman–Crippen LogP) is 5.83. The molecule has 3 rings (SSSR count). The van der Waals surface area contributed by atoms with E-state index in [4.69, 9.17) is 16.3 Å². The number of rotatable bonds is 6. The summed E-state index contributed by atoms with van der Waals surface area (Å²) in [5.41, 5.74) is 2.40. The fourth-order valence-corrected chi connectivity index (χ4v) is 3.47. The van der Waals surface area contributed by atoms with Crippen molar-refractivity contribution in [3.05, 3.63) is 88.9 Å². The lowest BCUT2D eigenvalue weighted by Crippen LogP contribution is -2.09. The van der Waals surface area contributed by atoms with Gasteiger partial charge in [-0.1, -0.05) is 48.0 Å². The lowest BCUT2D eigenvalue weighted by molar-refractivity contribution is 0.0531. The molecule has 0 N–H and O–H groups in total. The van der Waals surface area contributed by atoms with Gasteiger partial charge in [0.1, 0.15) is 6.61 Å². The summed E-state index contributed by atoms with van der Waals surface area (Å²) >= 11 is 7.46. The third-order valence-electron chi connectivity index (χ3n) is 3.88. The van der Waals surface area contributed by atoms with Crippen LogP contribution >= 0.6 is 23.4 Å². The van der Waals surface area contributed by atoms with Crippen LogP contribution in [0.1, 0.15) is 15.9 Å². The van der Waals surface area contributed by atoms with Crippen molar-refractivity contribution < 1.29 is 9.53 Å². The van der Waals surface area contributed by atoms with Gasteiger partial charge in [-0.2, -0.15) is 5.26 Å². The first kappa shape index (κ1) is 19.0. The number of halogens is 1. The van der Waals surface area contributed by atoms with Crippen LogP contribution in [0.2, 0.25) is 5.02 Å². The minimum atomic E-state index is -0.393. The van der Waals surface area contributed by atoms with E-state index in [9.17, 15) is 10.1 Å². The third-order valence-corrected chi connectivity index (χ3v) is 5.11. The number of hydrogen-bond donors (Lipinski definition) is 0. The Morgan fingerprint density at radius 3 is 2.37 bits per heavy atom. The molecule has 3 nitrogen and oxygen atoms in total. The molecule has 0 atom stereocenters. The van der Waals surface area contributed by atoms with E-state index >= 15 is 0 Å². The number of thioether (sulfide) groups is 1. The van der Waals surface area contributed by atoms with E-state index in [1.807, 2.05) is 48.5 Å². The van der Waals surface area contributed by atoms with Gasteiger partial charge in [0.25, 0.3) is 0 Å². The molecule has 0 saturated carbocycles. The molecule has 0 saturated heterocycles. The van der Waals surface area contributed by atoms with Crippen molar-refractivity contribution in [2.45, 2.75) is 4.90 Å². The Morgan fingerprint density at radius 2 is 1.63 bits per heavy atom. The Balaban J connectivity index is 1.67. The topological polar surface area (TPSA) is 50.1 Å². The summed E-state index contributed by atoms with van der Waals surface area (Å²) in [7, 11) is 0. The summed E-state index contributed by atoms with van der Waals surface area (Å²) in [6.07, 6.45) is 0. The standard InChI is InChI=1S/C22H16ClNO2S/c23-17-9-11-18(12-10-17)27-14-13-26-22(25)21-8-4-3-7-20(21)19-6-2-1-5-16(19)15-24/h1-12H,13-14H2. The number of nitriles is 1. The highest BCUT2D eigenvalue weighted by Crippen LogP contribution is 2.27. The van der Waals surface area contributed by atoms with Crippen molar-refractivity contribution in [1.82, 2.24) is 0 Å². The smallest absolute Gasteiger partial charge is 0.338 e. The van der Waals surface area contributed by atoms with Crippen LogP contribution in [0.15, 0.2) is 77.7 Å². The summed E-state index contributed by atoms with van der Waals surface area (Å²) in [5, 5.41) is 10.0. The number of carbonyl (C=O) groups excluding carboxylic acids is 1. The van der Waals surface area contributed by atoms with Gasteiger partial charge in [0.2, 0.25) is 0 Å². The number of nitrogens with zero attached hydrogens (tertiary/aromatic N) is 1. The van der Waals surface area contributed by atoms with Crippen molar-refractivity contribution in [2.24, 2.45) is 0 Å². The Morgan fingerprint density at radius 1 is 0.963 bits per heavy atom. The van der Waals surface area contributed by atoms with E-state index in [0.717, 1.165) is 10.5 Å². The van der Waals surface area contributed by atoms with Crippen molar-refractivity contribution in [1.29, 1.82) is 5.26 Å². The lowest BCUT2D eigenvalue weighted by Gasteiger charge is -2.11. The zero-order valence-corrected chi connectivity index (χ0v) is 16.0. The van der Waals surface area contributed by atoms with Crippen LogP contribution in [0.5, 0.6) is 0 Å². The zero-order chi connectivity index (χ0) is 19.1. The maximum atomic E-state index is 12.6.